The second-order valence-electron chi connectivity index (χ2n) is 6.62. The molecule has 2 aromatic carbocycles. The zero-order chi connectivity index (χ0) is 21.7. The van der Waals surface area contributed by atoms with Gasteiger partial charge in [-0.3, -0.25) is 9.59 Å². The number of hydrogen-bond donors (Lipinski definition) is 3. The number of carbonyl (C=O) groups is 2. The van der Waals surface area contributed by atoms with Crippen molar-refractivity contribution < 1.29 is 23.8 Å². The number of rotatable bonds is 9. The molecule has 0 spiro atoms. The summed E-state index contributed by atoms with van der Waals surface area (Å²) in [5.41, 5.74) is 12.7. The molecule has 0 amide bonds. The van der Waals surface area contributed by atoms with Crippen molar-refractivity contribution in [3.05, 3.63) is 71.7 Å². The van der Waals surface area contributed by atoms with Gasteiger partial charge in [-0.1, -0.05) is 12.1 Å². The summed E-state index contributed by atoms with van der Waals surface area (Å²) < 4.78 is 20.1. The second-order valence-corrected chi connectivity index (χ2v) is 6.62. The van der Waals surface area contributed by atoms with Crippen LogP contribution in [0.4, 0.5) is 10.2 Å². The molecule has 0 saturated heterocycles. The fourth-order valence-electron chi connectivity index (χ4n) is 2.82. The molecule has 0 saturated carbocycles. The van der Waals surface area contributed by atoms with Gasteiger partial charge in [-0.25, -0.2) is 9.07 Å². The Morgan fingerprint density at radius 1 is 1.20 bits per heavy atom. The fraction of sp³-hybridized carbons (Fsp3) is 0.190. The van der Waals surface area contributed by atoms with Crippen LogP contribution in [-0.4, -0.2) is 39.3 Å². The molecule has 8 nitrogen and oxygen atoms in total. The highest BCUT2D eigenvalue weighted by molar-refractivity contribution is 6.11. The number of hydrogen-bond acceptors (Lipinski definition) is 6. The van der Waals surface area contributed by atoms with Crippen LogP contribution in [0.1, 0.15) is 28.8 Å². The van der Waals surface area contributed by atoms with Gasteiger partial charge in [0.15, 0.2) is 5.78 Å². The highest BCUT2D eigenvalue weighted by Crippen LogP contribution is 2.22. The third kappa shape index (κ3) is 4.81. The monoisotopic (exact) mass is 412 g/mol. The number of carbonyl (C=O) groups excluding carboxylic acids is 1. The summed E-state index contributed by atoms with van der Waals surface area (Å²) in [6.07, 6.45) is 2.11. The number of anilines is 1. The molecule has 3 rings (SSSR count). The van der Waals surface area contributed by atoms with Crippen molar-refractivity contribution in [3.63, 3.8) is 0 Å². The molecule has 156 valence electrons. The lowest BCUT2D eigenvalue weighted by Gasteiger charge is -2.09. The van der Waals surface area contributed by atoms with Crippen LogP contribution in [0.2, 0.25) is 0 Å². The van der Waals surface area contributed by atoms with Crippen molar-refractivity contribution in [3.8, 4) is 11.4 Å². The first-order chi connectivity index (χ1) is 14.4. The van der Waals surface area contributed by atoms with Crippen molar-refractivity contribution in [1.29, 1.82) is 0 Å². The summed E-state index contributed by atoms with van der Waals surface area (Å²) >= 11 is 0. The van der Waals surface area contributed by atoms with Crippen molar-refractivity contribution in [2.45, 2.75) is 18.9 Å². The molecule has 5 N–H and O–H groups in total. The molecule has 1 aromatic heterocycles. The molecule has 0 aliphatic carbocycles. The molecule has 1 atom stereocenters. The third-order valence-corrected chi connectivity index (χ3v) is 4.46. The minimum Gasteiger partial charge on any atom is -0.494 e. The van der Waals surface area contributed by atoms with Gasteiger partial charge in [0.25, 0.3) is 0 Å². The van der Waals surface area contributed by atoms with Gasteiger partial charge in [0.2, 0.25) is 0 Å². The van der Waals surface area contributed by atoms with Gasteiger partial charge in [-0.2, -0.15) is 5.10 Å². The Kier molecular flexibility index (Phi) is 6.43. The van der Waals surface area contributed by atoms with Crippen LogP contribution in [0.5, 0.6) is 5.75 Å². The van der Waals surface area contributed by atoms with Crippen LogP contribution in [0, 0.1) is 5.82 Å². The summed E-state index contributed by atoms with van der Waals surface area (Å²) in [7, 11) is 0. The molecule has 9 heteroatoms. The largest absolute Gasteiger partial charge is 0.494 e. The number of benzene rings is 2. The Balaban J connectivity index is 1.69. The molecule has 0 radical (unpaired) electrons. The Morgan fingerprint density at radius 3 is 2.63 bits per heavy atom. The van der Waals surface area contributed by atoms with E-state index in [9.17, 15) is 14.0 Å². The maximum Gasteiger partial charge on any atom is 0.320 e. The summed E-state index contributed by atoms with van der Waals surface area (Å²) in [5.74, 6) is -1.17. The maximum absolute atomic E-state index is 13.1. The Bertz CT molecular complexity index is 1050. The number of nitrogens with zero attached hydrogens (tertiary/aromatic N) is 2. The number of nitrogens with two attached hydrogens (primary N) is 2. The average molecular weight is 412 g/mol. The number of halogens is 1. The number of ketones is 1. The van der Waals surface area contributed by atoms with Crippen LogP contribution in [0.3, 0.4) is 0 Å². The van der Waals surface area contributed by atoms with Crippen molar-refractivity contribution in [1.82, 2.24) is 9.78 Å². The predicted molar refractivity (Wildman–Crippen MR) is 108 cm³/mol. The predicted octanol–water partition coefficient (Wildman–Crippen LogP) is 2.40. The topological polar surface area (TPSA) is 133 Å². The Labute approximate surface area is 171 Å². The summed E-state index contributed by atoms with van der Waals surface area (Å²) in [5, 5.41) is 12.9. The van der Waals surface area contributed by atoms with E-state index in [2.05, 4.69) is 5.10 Å². The van der Waals surface area contributed by atoms with Gasteiger partial charge in [-0.15, -0.1) is 0 Å². The van der Waals surface area contributed by atoms with Crippen LogP contribution >= 0.6 is 0 Å². The van der Waals surface area contributed by atoms with E-state index in [1.165, 1.54) is 35.1 Å². The van der Waals surface area contributed by atoms with Crippen LogP contribution in [0.25, 0.3) is 5.69 Å². The molecule has 0 aliphatic heterocycles. The fourth-order valence-corrected chi connectivity index (χ4v) is 2.82. The smallest absolute Gasteiger partial charge is 0.320 e. The minimum absolute atomic E-state index is 0.139. The van der Waals surface area contributed by atoms with Gasteiger partial charge in [0.1, 0.15) is 23.4 Å². The molecule has 0 aliphatic rings. The third-order valence-electron chi connectivity index (χ3n) is 4.46. The highest BCUT2D eigenvalue weighted by Gasteiger charge is 2.18. The molecule has 0 unspecified atom stereocenters. The van der Waals surface area contributed by atoms with Crippen molar-refractivity contribution in [2.75, 3.05) is 12.3 Å². The summed E-state index contributed by atoms with van der Waals surface area (Å²) in [6.45, 7) is 0.267. The SMILES string of the molecule is Nc1c(C(=O)c2cccc(OCCC[C@H](N)C(=O)O)c2)cnn1-c1ccc(F)cc1. The van der Waals surface area contributed by atoms with Crippen LogP contribution < -0.4 is 16.2 Å². The molecular formula is C21H21FN4O4. The minimum atomic E-state index is -1.05. The van der Waals surface area contributed by atoms with Gasteiger partial charge < -0.3 is 21.3 Å². The zero-order valence-electron chi connectivity index (χ0n) is 16.0. The van der Waals surface area contributed by atoms with Gasteiger partial charge in [-0.05, 0) is 49.2 Å². The molecular weight excluding hydrogens is 391 g/mol. The number of nitrogen functional groups attached to an aromatic ring is 1. The molecule has 0 bridgehead atoms. The van der Waals surface area contributed by atoms with Gasteiger partial charge >= 0.3 is 5.97 Å². The van der Waals surface area contributed by atoms with E-state index in [1.54, 1.807) is 24.3 Å². The number of aliphatic carboxylic acids is 1. The molecule has 1 heterocycles. The first kappa shape index (κ1) is 21.0. The Hall–Kier alpha value is -3.72. The standard InChI is InChI=1S/C21H21FN4O4/c22-14-6-8-15(9-7-14)26-20(24)17(12-25-26)19(27)13-3-1-4-16(11-13)30-10-2-5-18(23)21(28)29/h1,3-4,6-9,11-12,18H,2,5,10,23-24H2,(H,28,29)/t18-/m0/s1. The number of aromatic nitrogens is 2. The van der Waals surface area contributed by atoms with E-state index in [0.717, 1.165) is 0 Å². The van der Waals surface area contributed by atoms with Gasteiger partial charge in [0, 0.05) is 5.56 Å². The number of carboxylic acid groups (broad SMARTS) is 1. The summed E-state index contributed by atoms with van der Waals surface area (Å²) in [6, 6.07) is 11.2. The van der Waals surface area contributed by atoms with Crippen molar-refractivity contribution >= 4 is 17.6 Å². The lowest BCUT2D eigenvalue weighted by molar-refractivity contribution is -0.138. The van der Waals surface area contributed by atoms with E-state index in [-0.39, 0.29) is 36.0 Å². The van der Waals surface area contributed by atoms with Crippen molar-refractivity contribution in [2.24, 2.45) is 5.73 Å². The maximum atomic E-state index is 13.1. The van der Waals surface area contributed by atoms with Gasteiger partial charge in [0.05, 0.1) is 24.1 Å². The van der Waals surface area contributed by atoms with Crippen LogP contribution in [0.15, 0.2) is 54.7 Å². The zero-order valence-corrected chi connectivity index (χ0v) is 16.0. The lowest BCUT2D eigenvalue weighted by Crippen LogP contribution is -2.30. The first-order valence-corrected chi connectivity index (χ1v) is 9.22. The lowest BCUT2D eigenvalue weighted by atomic mass is 10.1. The summed E-state index contributed by atoms with van der Waals surface area (Å²) in [4.78, 5) is 23.6. The van der Waals surface area contributed by atoms with E-state index in [0.29, 0.717) is 23.4 Å². The van der Waals surface area contributed by atoms with E-state index in [1.807, 2.05) is 0 Å². The Morgan fingerprint density at radius 2 is 1.93 bits per heavy atom. The second kappa shape index (κ2) is 9.19. The molecule has 30 heavy (non-hydrogen) atoms. The molecule has 3 aromatic rings. The average Bonchev–Trinajstić information content (AvgIpc) is 3.12. The van der Waals surface area contributed by atoms with E-state index in [4.69, 9.17) is 21.3 Å². The highest BCUT2D eigenvalue weighted by atomic mass is 19.1. The van der Waals surface area contributed by atoms with Crippen LogP contribution in [-0.2, 0) is 4.79 Å². The number of ether oxygens (including phenoxy) is 1. The molecule has 0 fully saturated rings. The normalized spacial score (nSPS) is 11.8. The number of carboxylic acids is 1. The first-order valence-electron chi connectivity index (χ1n) is 9.22. The van der Waals surface area contributed by atoms with E-state index >= 15 is 0 Å². The quantitative estimate of drug-likeness (QED) is 0.363. The van der Waals surface area contributed by atoms with E-state index < -0.39 is 12.0 Å².